The average molecular weight is 375 g/mol. The maximum absolute atomic E-state index is 12.3. The smallest absolute Gasteiger partial charge is 0.242 e. The van der Waals surface area contributed by atoms with Crippen molar-refractivity contribution in [3.8, 4) is 0 Å². The van der Waals surface area contributed by atoms with Gasteiger partial charge < -0.3 is 5.32 Å². The fraction of sp³-hybridized carbons (Fsp3) is 0.231. The van der Waals surface area contributed by atoms with Crippen molar-refractivity contribution in [1.82, 2.24) is 10.0 Å². The van der Waals surface area contributed by atoms with Gasteiger partial charge in [0.1, 0.15) is 4.90 Å². The van der Waals surface area contributed by atoms with E-state index in [2.05, 4.69) is 26.0 Å². The lowest BCUT2D eigenvalue weighted by Gasteiger charge is -2.05. The zero-order valence-corrected chi connectivity index (χ0v) is 14.1. The minimum absolute atomic E-state index is 0.285. The van der Waals surface area contributed by atoms with Gasteiger partial charge in [-0.3, -0.25) is 0 Å². The van der Waals surface area contributed by atoms with E-state index >= 15 is 0 Å². The molecule has 2 aromatic rings. The van der Waals surface area contributed by atoms with Crippen LogP contribution in [0.3, 0.4) is 0 Å². The molecule has 0 saturated heterocycles. The highest BCUT2D eigenvalue weighted by Gasteiger charge is 2.20. The Hall–Kier alpha value is -0.730. The van der Waals surface area contributed by atoms with Crippen molar-refractivity contribution < 1.29 is 8.42 Å². The molecule has 0 aliphatic rings. The highest BCUT2D eigenvalue weighted by molar-refractivity contribution is 9.11. The third kappa shape index (κ3) is 3.89. The first-order chi connectivity index (χ1) is 9.53. The summed E-state index contributed by atoms with van der Waals surface area (Å²) in [7, 11) is -1.67. The van der Waals surface area contributed by atoms with E-state index < -0.39 is 10.0 Å². The van der Waals surface area contributed by atoms with Crippen LogP contribution < -0.4 is 10.0 Å². The highest BCUT2D eigenvalue weighted by Crippen LogP contribution is 2.31. The molecule has 0 radical (unpaired) electrons. The lowest BCUT2D eigenvalue weighted by molar-refractivity contribution is 0.581. The number of rotatable bonds is 6. The van der Waals surface area contributed by atoms with E-state index in [1.807, 2.05) is 37.4 Å². The molecular weight excluding hydrogens is 360 g/mol. The van der Waals surface area contributed by atoms with E-state index in [0.717, 1.165) is 10.4 Å². The van der Waals surface area contributed by atoms with Crippen molar-refractivity contribution in [2.45, 2.75) is 18.0 Å². The third-order valence-corrected chi connectivity index (χ3v) is 6.31. The van der Waals surface area contributed by atoms with E-state index in [0.29, 0.717) is 15.2 Å². The summed E-state index contributed by atoms with van der Waals surface area (Å²) in [6.45, 7) is 0.935. The first-order valence-electron chi connectivity index (χ1n) is 5.99. The molecule has 1 aromatic heterocycles. The van der Waals surface area contributed by atoms with Gasteiger partial charge in [-0.1, -0.05) is 30.3 Å². The Morgan fingerprint density at radius 2 is 1.90 bits per heavy atom. The molecule has 0 fully saturated rings. The van der Waals surface area contributed by atoms with E-state index in [1.165, 1.54) is 11.3 Å². The van der Waals surface area contributed by atoms with Crippen molar-refractivity contribution in [2.24, 2.45) is 0 Å². The molecule has 0 bridgehead atoms. The van der Waals surface area contributed by atoms with E-state index in [9.17, 15) is 8.42 Å². The number of benzene rings is 1. The molecule has 108 valence electrons. The van der Waals surface area contributed by atoms with Gasteiger partial charge in [0.15, 0.2) is 0 Å². The number of thiophene rings is 1. The summed E-state index contributed by atoms with van der Waals surface area (Å²) in [6.07, 6.45) is 0. The molecule has 2 rings (SSSR count). The summed E-state index contributed by atoms with van der Waals surface area (Å²) >= 11 is 4.74. The second-order valence-corrected chi connectivity index (χ2v) is 8.38. The Morgan fingerprint density at radius 3 is 2.55 bits per heavy atom. The highest BCUT2D eigenvalue weighted by atomic mass is 79.9. The molecule has 0 atom stereocenters. The summed E-state index contributed by atoms with van der Waals surface area (Å²) in [5, 5.41) is 3.01. The zero-order valence-electron chi connectivity index (χ0n) is 10.9. The number of hydrogen-bond donors (Lipinski definition) is 2. The van der Waals surface area contributed by atoms with Crippen LogP contribution in [0, 0.1) is 0 Å². The van der Waals surface area contributed by atoms with Crippen molar-refractivity contribution >= 4 is 37.3 Å². The first-order valence-corrected chi connectivity index (χ1v) is 9.08. The monoisotopic (exact) mass is 374 g/mol. The molecule has 4 nitrogen and oxygen atoms in total. The van der Waals surface area contributed by atoms with Gasteiger partial charge >= 0.3 is 0 Å². The van der Waals surface area contributed by atoms with Gasteiger partial charge in [-0.2, -0.15) is 0 Å². The number of nitrogens with one attached hydrogen (secondary N) is 2. The van der Waals surface area contributed by atoms with Crippen LogP contribution in [0.4, 0.5) is 0 Å². The molecule has 1 heterocycles. The van der Waals surface area contributed by atoms with Gasteiger partial charge in [0.25, 0.3) is 0 Å². The Morgan fingerprint density at radius 1 is 1.20 bits per heavy atom. The SMILES string of the molecule is CNCc1cc(S(=O)(=O)NCc2ccccc2)c(Br)s1. The molecule has 0 amide bonds. The van der Waals surface area contributed by atoms with Crippen molar-refractivity contribution in [2.75, 3.05) is 7.05 Å². The fourth-order valence-electron chi connectivity index (χ4n) is 1.69. The Labute approximate surface area is 131 Å². The second kappa shape index (κ2) is 6.82. The predicted molar refractivity (Wildman–Crippen MR) is 85.3 cm³/mol. The van der Waals surface area contributed by atoms with Crippen LogP contribution in [0.25, 0.3) is 0 Å². The maximum atomic E-state index is 12.3. The molecular formula is C13H15BrN2O2S2. The van der Waals surface area contributed by atoms with E-state index in [1.54, 1.807) is 6.07 Å². The molecule has 0 unspecified atom stereocenters. The standard InChI is InChI=1S/C13H15BrN2O2S2/c1-15-9-11-7-12(13(14)19-11)20(17,18)16-8-10-5-3-2-4-6-10/h2-7,15-16H,8-9H2,1H3. The summed E-state index contributed by atoms with van der Waals surface area (Å²) in [4.78, 5) is 1.27. The largest absolute Gasteiger partial charge is 0.315 e. The number of hydrogen-bond acceptors (Lipinski definition) is 4. The van der Waals surface area contributed by atoms with Crippen LogP contribution in [0.15, 0.2) is 45.1 Å². The first kappa shape index (κ1) is 15.7. The van der Waals surface area contributed by atoms with Crippen LogP contribution in [0.1, 0.15) is 10.4 Å². The maximum Gasteiger partial charge on any atom is 0.242 e. The minimum Gasteiger partial charge on any atom is -0.315 e. The van der Waals surface area contributed by atoms with Crippen LogP contribution in [-0.4, -0.2) is 15.5 Å². The van der Waals surface area contributed by atoms with Crippen molar-refractivity contribution in [3.63, 3.8) is 0 Å². The van der Waals surface area contributed by atoms with Crippen LogP contribution >= 0.6 is 27.3 Å². The summed E-state index contributed by atoms with van der Waals surface area (Å²) in [5.74, 6) is 0. The van der Waals surface area contributed by atoms with Gasteiger partial charge in [-0.25, -0.2) is 13.1 Å². The Kier molecular flexibility index (Phi) is 5.34. The fourth-order valence-corrected chi connectivity index (χ4v) is 5.40. The molecule has 1 aromatic carbocycles. The van der Waals surface area contributed by atoms with Crippen LogP contribution in [-0.2, 0) is 23.1 Å². The Bertz CT molecular complexity index is 669. The zero-order chi connectivity index (χ0) is 14.6. The molecule has 0 spiro atoms. The lowest BCUT2D eigenvalue weighted by Crippen LogP contribution is -2.23. The van der Waals surface area contributed by atoms with Gasteiger partial charge in [-0.05, 0) is 34.6 Å². The van der Waals surface area contributed by atoms with E-state index in [4.69, 9.17) is 0 Å². The molecule has 0 aliphatic heterocycles. The lowest BCUT2D eigenvalue weighted by atomic mass is 10.2. The predicted octanol–water partition coefficient (Wildman–Crippen LogP) is 2.71. The van der Waals surface area contributed by atoms with Crippen LogP contribution in [0.5, 0.6) is 0 Å². The normalized spacial score (nSPS) is 11.7. The molecule has 0 aliphatic carbocycles. The van der Waals surface area contributed by atoms with Gasteiger partial charge in [0.2, 0.25) is 10.0 Å². The van der Waals surface area contributed by atoms with Gasteiger partial charge in [0.05, 0.1) is 3.79 Å². The van der Waals surface area contributed by atoms with Gasteiger partial charge in [-0.15, -0.1) is 11.3 Å². The second-order valence-electron chi connectivity index (χ2n) is 4.19. The van der Waals surface area contributed by atoms with Crippen LogP contribution in [0.2, 0.25) is 0 Å². The Balaban J connectivity index is 2.14. The van der Waals surface area contributed by atoms with Crippen molar-refractivity contribution in [1.29, 1.82) is 0 Å². The number of sulfonamides is 1. The van der Waals surface area contributed by atoms with Gasteiger partial charge in [0, 0.05) is 18.0 Å². The quantitative estimate of drug-likeness (QED) is 0.816. The number of halogens is 1. The molecule has 20 heavy (non-hydrogen) atoms. The minimum atomic E-state index is -3.50. The average Bonchev–Trinajstić information content (AvgIpc) is 2.80. The summed E-state index contributed by atoms with van der Waals surface area (Å²) in [5.41, 5.74) is 0.929. The topological polar surface area (TPSA) is 58.2 Å². The summed E-state index contributed by atoms with van der Waals surface area (Å²) in [6, 6.07) is 11.1. The molecule has 2 N–H and O–H groups in total. The molecule has 0 saturated carbocycles. The third-order valence-electron chi connectivity index (χ3n) is 2.66. The summed E-state index contributed by atoms with van der Waals surface area (Å²) < 4.78 is 27.8. The van der Waals surface area contributed by atoms with Crippen molar-refractivity contribution in [3.05, 3.63) is 50.6 Å². The van der Waals surface area contributed by atoms with E-state index in [-0.39, 0.29) is 6.54 Å². The molecule has 7 heteroatoms.